The maximum atomic E-state index is 12.1. The average Bonchev–Trinajstić information content (AvgIpc) is 2.78. The molecule has 1 heterocycles. The maximum Gasteiger partial charge on any atom is 0.315 e. The number of carbonyl (C=O) groups excluding carboxylic acids is 1. The molecular formula is C17H27N3O2S. The van der Waals surface area contributed by atoms with Gasteiger partial charge in [0, 0.05) is 54.5 Å². The molecule has 0 radical (unpaired) electrons. The van der Waals surface area contributed by atoms with Crippen LogP contribution in [0.25, 0.3) is 0 Å². The highest BCUT2D eigenvalue weighted by Crippen LogP contribution is 2.18. The van der Waals surface area contributed by atoms with Crippen LogP contribution in [0.15, 0.2) is 30.3 Å². The molecule has 128 valence electrons. The first-order chi connectivity index (χ1) is 10.9. The van der Waals surface area contributed by atoms with Crippen LogP contribution in [0.5, 0.6) is 0 Å². The second kappa shape index (κ2) is 8.45. The Balaban J connectivity index is 1.80. The second-order valence-corrected chi connectivity index (χ2v) is 8.00. The first-order valence-corrected chi connectivity index (χ1v) is 9.80. The van der Waals surface area contributed by atoms with Crippen molar-refractivity contribution in [2.45, 2.75) is 32.5 Å². The first-order valence-electron chi connectivity index (χ1n) is 8.07. The van der Waals surface area contributed by atoms with E-state index in [1.54, 1.807) is 6.26 Å². The molecular weight excluding hydrogens is 310 g/mol. The highest BCUT2D eigenvalue weighted by Gasteiger charge is 2.30. The summed E-state index contributed by atoms with van der Waals surface area (Å²) in [5.41, 5.74) is 1.30. The van der Waals surface area contributed by atoms with Crippen molar-refractivity contribution < 1.29 is 9.00 Å². The molecule has 1 aromatic rings. The monoisotopic (exact) mass is 337 g/mol. The van der Waals surface area contributed by atoms with Crippen LogP contribution in [-0.4, -0.2) is 52.3 Å². The van der Waals surface area contributed by atoms with Gasteiger partial charge >= 0.3 is 6.03 Å². The third-order valence-corrected chi connectivity index (χ3v) is 5.09. The maximum absolute atomic E-state index is 12.1. The van der Waals surface area contributed by atoms with Crippen molar-refractivity contribution in [3.8, 4) is 0 Å². The summed E-state index contributed by atoms with van der Waals surface area (Å²) in [6.45, 7) is 6.80. The average molecular weight is 337 g/mol. The molecule has 23 heavy (non-hydrogen) atoms. The lowest BCUT2D eigenvalue weighted by atomic mass is 10.1. The van der Waals surface area contributed by atoms with Crippen molar-refractivity contribution in [1.82, 2.24) is 15.5 Å². The van der Waals surface area contributed by atoms with Gasteiger partial charge in [0.2, 0.25) is 0 Å². The molecule has 2 rings (SSSR count). The Hall–Kier alpha value is -1.40. The summed E-state index contributed by atoms with van der Waals surface area (Å²) in [6, 6.07) is 10.3. The van der Waals surface area contributed by atoms with Crippen molar-refractivity contribution >= 4 is 16.8 Å². The smallest absolute Gasteiger partial charge is 0.315 e. The van der Waals surface area contributed by atoms with Crippen LogP contribution < -0.4 is 10.6 Å². The van der Waals surface area contributed by atoms with Crippen molar-refractivity contribution in [3.05, 3.63) is 35.9 Å². The molecule has 0 spiro atoms. The minimum absolute atomic E-state index is 0.0852. The Kier molecular flexibility index (Phi) is 6.59. The Morgan fingerprint density at radius 2 is 2.04 bits per heavy atom. The fourth-order valence-corrected chi connectivity index (χ4v) is 3.84. The lowest BCUT2D eigenvalue weighted by molar-refractivity contribution is 0.232. The van der Waals surface area contributed by atoms with E-state index < -0.39 is 10.8 Å². The SMILES string of the molecule is C[C@H](C[S@](C)=O)NC(=O)N[C@@H]1CN(Cc2ccccc2)C[C@H]1C. The van der Waals surface area contributed by atoms with Gasteiger partial charge in [-0.3, -0.25) is 9.11 Å². The van der Waals surface area contributed by atoms with Crippen LogP contribution in [0.1, 0.15) is 19.4 Å². The minimum atomic E-state index is -0.902. The summed E-state index contributed by atoms with van der Waals surface area (Å²) in [6.07, 6.45) is 1.65. The lowest BCUT2D eigenvalue weighted by Crippen LogP contribution is -2.49. The normalized spacial score (nSPS) is 24.1. The van der Waals surface area contributed by atoms with Gasteiger partial charge in [0.15, 0.2) is 0 Å². The number of likely N-dealkylation sites (tertiary alicyclic amines) is 1. The van der Waals surface area contributed by atoms with Crippen molar-refractivity contribution in [1.29, 1.82) is 0 Å². The van der Waals surface area contributed by atoms with Gasteiger partial charge in [-0.2, -0.15) is 0 Å². The lowest BCUT2D eigenvalue weighted by Gasteiger charge is -2.20. The Morgan fingerprint density at radius 1 is 1.35 bits per heavy atom. The van der Waals surface area contributed by atoms with E-state index in [2.05, 4.69) is 46.7 Å². The van der Waals surface area contributed by atoms with E-state index in [9.17, 15) is 9.00 Å². The molecule has 0 aliphatic carbocycles. The summed E-state index contributed by atoms with van der Waals surface area (Å²) < 4.78 is 11.2. The molecule has 0 saturated carbocycles. The zero-order valence-electron chi connectivity index (χ0n) is 14.1. The van der Waals surface area contributed by atoms with E-state index in [0.717, 1.165) is 19.6 Å². The predicted octanol–water partition coefficient (Wildman–Crippen LogP) is 1.57. The van der Waals surface area contributed by atoms with Gasteiger partial charge in [-0.25, -0.2) is 4.79 Å². The van der Waals surface area contributed by atoms with Crippen LogP contribution in [-0.2, 0) is 17.3 Å². The number of carbonyl (C=O) groups is 1. The standard InChI is InChI=1S/C17H27N3O2S/c1-13-9-20(10-15-7-5-4-6-8-15)11-16(13)19-17(21)18-14(2)12-23(3)22/h4-8,13-14,16H,9-12H2,1-3H3,(H2,18,19,21)/t13-,14-,16-,23+/m1/s1. The number of urea groups is 1. The van der Waals surface area contributed by atoms with Gasteiger partial charge in [-0.15, -0.1) is 0 Å². The van der Waals surface area contributed by atoms with Gasteiger partial charge in [-0.1, -0.05) is 37.3 Å². The Bertz CT molecular complexity index is 538. The van der Waals surface area contributed by atoms with E-state index >= 15 is 0 Å². The third-order valence-electron chi connectivity index (χ3n) is 4.12. The van der Waals surface area contributed by atoms with Crippen LogP contribution in [0, 0.1) is 5.92 Å². The zero-order chi connectivity index (χ0) is 16.8. The highest BCUT2D eigenvalue weighted by molar-refractivity contribution is 7.84. The van der Waals surface area contributed by atoms with Crippen LogP contribution in [0.3, 0.4) is 0 Å². The molecule has 1 aromatic carbocycles. The van der Waals surface area contributed by atoms with Gasteiger partial charge < -0.3 is 10.6 Å². The molecule has 1 saturated heterocycles. The fourth-order valence-electron chi connectivity index (χ4n) is 3.05. The largest absolute Gasteiger partial charge is 0.335 e. The van der Waals surface area contributed by atoms with Crippen LogP contribution >= 0.6 is 0 Å². The second-order valence-electron chi connectivity index (χ2n) is 6.52. The van der Waals surface area contributed by atoms with E-state index in [0.29, 0.717) is 11.7 Å². The number of amides is 2. The molecule has 2 N–H and O–H groups in total. The first kappa shape index (κ1) is 17.9. The summed E-state index contributed by atoms with van der Waals surface area (Å²) in [7, 11) is -0.902. The summed E-state index contributed by atoms with van der Waals surface area (Å²) in [5.74, 6) is 0.897. The van der Waals surface area contributed by atoms with Gasteiger partial charge in [-0.05, 0) is 18.4 Å². The topological polar surface area (TPSA) is 61.4 Å². The van der Waals surface area contributed by atoms with E-state index in [4.69, 9.17) is 0 Å². The predicted molar refractivity (Wildman–Crippen MR) is 94.7 cm³/mol. The number of hydrogen-bond acceptors (Lipinski definition) is 3. The number of rotatable bonds is 6. The molecule has 1 aliphatic rings. The minimum Gasteiger partial charge on any atom is -0.335 e. The van der Waals surface area contributed by atoms with Crippen molar-refractivity contribution in [2.24, 2.45) is 5.92 Å². The zero-order valence-corrected chi connectivity index (χ0v) is 14.9. The molecule has 1 aliphatic heterocycles. The van der Waals surface area contributed by atoms with Gasteiger partial charge in [0.25, 0.3) is 0 Å². The van der Waals surface area contributed by atoms with E-state index in [1.165, 1.54) is 5.56 Å². The molecule has 5 nitrogen and oxygen atoms in total. The fraction of sp³-hybridized carbons (Fsp3) is 0.588. The molecule has 0 aromatic heterocycles. The number of benzene rings is 1. The van der Waals surface area contributed by atoms with Gasteiger partial charge in [0.1, 0.15) is 0 Å². The van der Waals surface area contributed by atoms with E-state index in [-0.39, 0.29) is 18.1 Å². The summed E-state index contributed by atoms with van der Waals surface area (Å²) in [4.78, 5) is 14.4. The number of nitrogens with one attached hydrogen (secondary N) is 2. The molecule has 2 amide bonds. The highest BCUT2D eigenvalue weighted by atomic mass is 32.2. The third kappa shape index (κ3) is 5.95. The van der Waals surface area contributed by atoms with E-state index in [1.807, 2.05) is 13.0 Å². The Labute approximate surface area is 141 Å². The van der Waals surface area contributed by atoms with Crippen molar-refractivity contribution in [3.63, 3.8) is 0 Å². The molecule has 4 atom stereocenters. The molecule has 0 bridgehead atoms. The summed E-state index contributed by atoms with van der Waals surface area (Å²) in [5, 5.41) is 5.92. The number of nitrogens with zero attached hydrogens (tertiary/aromatic N) is 1. The van der Waals surface area contributed by atoms with Crippen molar-refractivity contribution in [2.75, 3.05) is 25.1 Å². The molecule has 6 heteroatoms. The molecule has 0 unspecified atom stereocenters. The molecule has 1 fully saturated rings. The van der Waals surface area contributed by atoms with Gasteiger partial charge in [0.05, 0.1) is 0 Å². The Morgan fingerprint density at radius 3 is 2.70 bits per heavy atom. The van der Waals surface area contributed by atoms with Crippen LogP contribution in [0.4, 0.5) is 4.79 Å². The number of hydrogen-bond donors (Lipinski definition) is 2. The quantitative estimate of drug-likeness (QED) is 0.828. The van der Waals surface area contributed by atoms with Crippen LogP contribution in [0.2, 0.25) is 0 Å². The summed E-state index contributed by atoms with van der Waals surface area (Å²) >= 11 is 0.